The van der Waals surface area contributed by atoms with E-state index in [0.717, 1.165) is 16.7 Å². The van der Waals surface area contributed by atoms with Crippen molar-refractivity contribution in [1.29, 1.82) is 0 Å². The molecular weight excluding hydrogens is 340 g/mol. The molecule has 1 amide bonds. The molecule has 27 heavy (non-hydrogen) atoms. The highest BCUT2D eigenvalue weighted by molar-refractivity contribution is 6.09. The van der Waals surface area contributed by atoms with Crippen LogP contribution < -0.4 is 5.32 Å². The van der Waals surface area contributed by atoms with E-state index in [9.17, 15) is 14.9 Å². The maximum absolute atomic E-state index is 13.4. The van der Waals surface area contributed by atoms with Crippen molar-refractivity contribution in [2.24, 2.45) is 0 Å². The molecule has 0 bridgehead atoms. The van der Waals surface area contributed by atoms with Crippen LogP contribution in [0.4, 0.5) is 5.69 Å². The van der Waals surface area contributed by atoms with E-state index >= 15 is 0 Å². The Morgan fingerprint density at radius 2 is 1.48 bits per heavy atom. The highest BCUT2D eigenvalue weighted by atomic mass is 16.6. The Bertz CT molecular complexity index is 989. The van der Waals surface area contributed by atoms with E-state index in [1.807, 2.05) is 84.9 Å². The van der Waals surface area contributed by atoms with Gasteiger partial charge in [-0.15, -0.1) is 0 Å². The van der Waals surface area contributed by atoms with Gasteiger partial charge >= 0.3 is 0 Å². The molecule has 1 heterocycles. The van der Waals surface area contributed by atoms with Crippen molar-refractivity contribution in [3.63, 3.8) is 0 Å². The molecule has 0 spiro atoms. The van der Waals surface area contributed by atoms with Crippen molar-refractivity contribution in [3.8, 4) is 0 Å². The third-order valence-corrected chi connectivity index (χ3v) is 5.24. The van der Waals surface area contributed by atoms with Crippen molar-refractivity contribution >= 4 is 11.6 Å². The number of hydrogen-bond donors (Lipinski definition) is 1. The van der Waals surface area contributed by atoms with Crippen LogP contribution in [0.25, 0.3) is 0 Å². The van der Waals surface area contributed by atoms with E-state index in [4.69, 9.17) is 0 Å². The number of para-hydroxylation sites is 1. The maximum atomic E-state index is 13.4. The van der Waals surface area contributed by atoms with E-state index < -0.39 is 11.3 Å². The number of nitrogens with zero attached hydrogens (tertiary/aromatic N) is 1. The molecule has 1 N–H and O–H groups in total. The van der Waals surface area contributed by atoms with Crippen LogP contribution >= 0.6 is 0 Å². The first-order chi connectivity index (χ1) is 13.1. The average molecular weight is 358 g/mol. The van der Waals surface area contributed by atoms with Gasteiger partial charge in [-0.05, 0) is 22.8 Å². The number of nitro groups is 1. The van der Waals surface area contributed by atoms with Crippen molar-refractivity contribution in [2.75, 3.05) is 11.9 Å². The summed E-state index contributed by atoms with van der Waals surface area (Å²) in [5, 5.41) is 14.6. The normalized spacial score (nSPS) is 19.2. The second kappa shape index (κ2) is 6.68. The Kier molecular flexibility index (Phi) is 4.20. The molecule has 1 aliphatic rings. The quantitative estimate of drug-likeness (QED) is 0.554. The first kappa shape index (κ1) is 17.0. The number of amides is 1. The molecule has 3 aromatic carbocycles. The largest absolute Gasteiger partial charge is 0.325 e. The summed E-state index contributed by atoms with van der Waals surface area (Å²) in [7, 11) is 0. The van der Waals surface area contributed by atoms with E-state index in [1.165, 1.54) is 0 Å². The molecule has 0 aliphatic carbocycles. The van der Waals surface area contributed by atoms with Crippen LogP contribution in [0.5, 0.6) is 0 Å². The lowest BCUT2D eigenvalue weighted by molar-refractivity contribution is -0.484. The molecular formula is C22H18N2O3. The predicted octanol–water partition coefficient (Wildman–Crippen LogP) is 3.99. The average Bonchev–Trinajstić information content (AvgIpc) is 3.00. The standard InChI is InChI=1S/C22H18N2O3/c25-21-22(17-11-5-2-6-12-17,18-13-7-8-14-20(18)23-21)19(15-24(26)27)16-9-3-1-4-10-16/h1-14,19H,15H2,(H,23,25)/t19-,22-/m0/s1. The number of carbonyl (C=O) groups excluding carboxylic acids is 1. The van der Waals surface area contributed by atoms with Gasteiger partial charge in [0.2, 0.25) is 12.5 Å². The SMILES string of the molecule is O=C1Nc2ccccc2[C@@]1(c1ccccc1)[C@@H](C[N+](=O)[O-])c1ccccc1. The molecule has 1 aliphatic heterocycles. The van der Waals surface area contributed by atoms with Crippen LogP contribution in [0, 0.1) is 10.1 Å². The molecule has 0 fully saturated rings. The van der Waals surface area contributed by atoms with Gasteiger partial charge in [-0.2, -0.15) is 0 Å². The van der Waals surface area contributed by atoms with Gasteiger partial charge in [0.25, 0.3) is 0 Å². The predicted molar refractivity (Wildman–Crippen MR) is 103 cm³/mol. The minimum atomic E-state index is -1.16. The van der Waals surface area contributed by atoms with Crippen LogP contribution in [0.3, 0.4) is 0 Å². The second-order valence-electron chi connectivity index (χ2n) is 6.65. The highest BCUT2D eigenvalue weighted by Gasteiger charge is 2.55. The molecule has 3 aromatic rings. The fourth-order valence-corrected chi connectivity index (χ4v) is 4.14. The number of rotatable bonds is 5. The molecule has 0 unspecified atom stereocenters. The zero-order chi connectivity index (χ0) is 18.9. The zero-order valence-electron chi connectivity index (χ0n) is 14.5. The Morgan fingerprint density at radius 3 is 2.15 bits per heavy atom. The molecule has 0 saturated heterocycles. The summed E-state index contributed by atoms with van der Waals surface area (Å²) in [6, 6.07) is 26.1. The van der Waals surface area contributed by atoms with Gasteiger partial charge in [0.1, 0.15) is 5.41 Å². The maximum Gasteiger partial charge on any atom is 0.240 e. The van der Waals surface area contributed by atoms with Crippen LogP contribution in [0.2, 0.25) is 0 Å². The third kappa shape index (κ3) is 2.68. The summed E-state index contributed by atoms with van der Waals surface area (Å²) in [6.07, 6.45) is 0. The summed E-state index contributed by atoms with van der Waals surface area (Å²) in [5.41, 5.74) is 1.84. The van der Waals surface area contributed by atoms with Gasteiger partial charge in [0.05, 0.1) is 5.92 Å². The minimum absolute atomic E-state index is 0.231. The Balaban J connectivity index is 2.04. The molecule has 0 radical (unpaired) electrons. The second-order valence-corrected chi connectivity index (χ2v) is 6.65. The number of fused-ring (bicyclic) bond motifs is 1. The Hall–Kier alpha value is -3.47. The number of hydrogen-bond acceptors (Lipinski definition) is 3. The summed E-state index contributed by atoms with van der Waals surface area (Å²) in [6.45, 7) is -0.347. The smallest absolute Gasteiger partial charge is 0.240 e. The number of anilines is 1. The third-order valence-electron chi connectivity index (χ3n) is 5.24. The highest BCUT2D eigenvalue weighted by Crippen LogP contribution is 2.51. The van der Waals surface area contributed by atoms with Gasteiger partial charge in [-0.25, -0.2) is 0 Å². The topological polar surface area (TPSA) is 72.2 Å². The monoisotopic (exact) mass is 358 g/mol. The van der Waals surface area contributed by atoms with Crippen LogP contribution in [0.15, 0.2) is 84.9 Å². The fraction of sp³-hybridized carbons (Fsp3) is 0.136. The van der Waals surface area contributed by atoms with Gasteiger partial charge in [-0.3, -0.25) is 14.9 Å². The Morgan fingerprint density at radius 1 is 0.889 bits per heavy atom. The first-order valence-electron chi connectivity index (χ1n) is 8.77. The van der Waals surface area contributed by atoms with Gasteiger partial charge in [0, 0.05) is 10.6 Å². The van der Waals surface area contributed by atoms with E-state index in [-0.39, 0.29) is 17.4 Å². The number of nitrogens with one attached hydrogen (secondary N) is 1. The van der Waals surface area contributed by atoms with E-state index in [1.54, 1.807) is 0 Å². The van der Waals surface area contributed by atoms with Crippen LogP contribution in [-0.2, 0) is 10.2 Å². The molecule has 4 rings (SSSR count). The molecule has 5 heteroatoms. The summed E-state index contributed by atoms with van der Waals surface area (Å²) in [5.74, 6) is -0.870. The summed E-state index contributed by atoms with van der Waals surface area (Å²) < 4.78 is 0. The van der Waals surface area contributed by atoms with Crippen molar-refractivity contribution in [1.82, 2.24) is 0 Å². The van der Waals surface area contributed by atoms with Crippen molar-refractivity contribution in [2.45, 2.75) is 11.3 Å². The molecule has 0 saturated carbocycles. The van der Waals surface area contributed by atoms with E-state index in [0.29, 0.717) is 5.69 Å². The lowest BCUT2D eigenvalue weighted by Crippen LogP contribution is -2.44. The molecule has 134 valence electrons. The van der Waals surface area contributed by atoms with Gasteiger partial charge in [-0.1, -0.05) is 78.9 Å². The first-order valence-corrected chi connectivity index (χ1v) is 8.77. The molecule has 2 atom stereocenters. The van der Waals surface area contributed by atoms with Gasteiger partial charge in [0.15, 0.2) is 0 Å². The zero-order valence-corrected chi connectivity index (χ0v) is 14.5. The molecule has 5 nitrogen and oxygen atoms in total. The lowest BCUT2D eigenvalue weighted by atomic mass is 9.64. The van der Waals surface area contributed by atoms with Crippen LogP contribution in [0.1, 0.15) is 22.6 Å². The van der Waals surface area contributed by atoms with Crippen molar-refractivity contribution in [3.05, 3.63) is 112 Å². The van der Waals surface area contributed by atoms with Gasteiger partial charge < -0.3 is 5.32 Å². The summed E-state index contributed by atoms with van der Waals surface area (Å²) in [4.78, 5) is 24.7. The van der Waals surface area contributed by atoms with E-state index in [2.05, 4.69) is 5.32 Å². The fourth-order valence-electron chi connectivity index (χ4n) is 4.14. The van der Waals surface area contributed by atoms with Crippen molar-refractivity contribution < 1.29 is 9.72 Å². The van der Waals surface area contributed by atoms with Crippen LogP contribution in [-0.4, -0.2) is 17.4 Å². The Labute approximate surface area is 156 Å². The lowest BCUT2D eigenvalue weighted by Gasteiger charge is -2.34. The molecule has 0 aromatic heterocycles. The minimum Gasteiger partial charge on any atom is -0.325 e. The number of carbonyl (C=O) groups is 1. The summed E-state index contributed by atoms with van der Waals surface area (Å²) >= 11 is 0. The number of benzene rings is 3.